The molecule has 222 valence electrons. The van der Waals surface area contributed by atoms with Crippen LogP contribution in [-0.4, -0.2) is 68.8 Å². The van der Waals surface area contributed by atoms with E-state index in [-0.39, 0.29) is 36.1 Å². The summed E-state index contributed by atoms with van der Waals surface area (Å²) in [6, 6.07) is 19.3. The van der Waals surface area contributed by atoms with E-state index >= 15 is 0 Å². The number of amides is 3. The predicted octanol–water partition coefficient (Wildman–Crippen LogP) is 3.41. The van der Waals surface area contributed by atoms with Gasteiger partial charge < -0.3 is 30.5 Å². The number of nitrogens with one attached hydrogen (secondary N) is 2. The van der Waals surface area contributed by atoms with Gasteiger partial charge in [0.15, 0.2) is 6.10 Å². The summed E-state index contributed by atoms with van der Waals surface area (Å²) in [7, 11) is 1.56. The molecule has 0 saturated carbocycles. The molecule has 3 atom stereocenters. The topological polar surface area (TPSA) is 128 Å². The largest absolute Gasteiger partial charge is 0.508 e. The number of methoxy groups -OCH3 is 1. The molecule has 1 fully saturated rings. The van der Waals surface area contributed by atoms with Gasteiger partial charge in [-0.25, -0.2) is 0 Å². The highest BCUT2D eigenvalue weighted by molar-refractivity contribution is 8.00. The molecule has 3 aromatic carbocycles. The van der Waals surface area contributed by atoms with Gasteiger partial charge in [0.05, 0.1) is 19.0 Å². The number of para-hydroxylation sites is 1. The third kappa shape index (κ3) is 6.88. The summed E-state index contributed by atoms with van der Waals surface area (Å²) in [6.45, 7) is 5.60. The Labute approximate surface area is 250 Å². The summed E-state index contributed by atoms with van der Waals surface area (Å²) in [4.78, 5) is 42.1. The molecular formula is C32H37N3O6S. The van der Waals surface area contributed by atoms with Crippen molar-refractivity contribution in [2.75, 3.05) is 13.0 Å². The van der Waals surface area contributed by atoms with Crippen LogP contribution in [0.4, 0.5) is 0 Å². The number of ether oxygens (including phenoxy) is 1. The molecule has 3 aromatic rings. The van der Waals surface area contributed by atoms with Crippen LogP contribution in [0.1, 0.15) is 40.9 Å². The van der Waals surface area contributed by atoms with Crippen LogP contribution in [0, 0.1) is 6.92 Å². The third-order valence-electron chi connectivity index (χ3n) is 7.52. The number of phenols is 1. The van der Waals surface area contributed by atoms with Crippen LogP contribution in [0.15, 0.2) is 72.8 Å². The fraction of sp³-hybridized carbons (Fsp3) is 0.344. The quantitative estimate of drug-likeness (QED) is 0.285. The number of aliphatic hydroxyl groups is 1. The van der Waals surface area contributed by atoms with Gasteiger partial charge in [-0.05, 0) is 51.0 Å². The molecule has 1 heterocycles. The Kier molecular flexibility index (Phi) is 9.80. The van der Waals surface area contributed by atoms with Crippen molar-refractivity contribution in [3.05, 3.63) is 95.1 Å². The highest BCUT2D eigenvalue weighted by Crippen LogP contribution is 2.40. The van der Waals surface area contributed by atoms with E-state index in [1.54, 1.807) is 26.2 Å². The standard InChI is InChI=1S/C32H37N3O6S/c1-20-23(14-10-15-25(20)36)29(38)34-24(17-21-11-6-5-7-12-21)27(37)31(40)35-19-42-32(2,3)28(35)30(39)33-18-22-13-8-9-16-26(22)41-4/h5-16,24,27-28,36-37H,17-19H2,1-4H3,(H,33,39)(H,34,38)/t24-,27-,28+/m0/s1. The first kappa shape index (κ1) is 30.9. The van der Waals surface area contributed by atoms with Gasteiger partial charge in [0.1, 0.15) is 17.5 Å². The maximum atomic E-state index is 13.9. The molecule has 0 bridgehead atoms. The normalized spacial score (nSPS) is 17.3. The van der Waals surface area contributed by atoms with Crippen molar-refractivity contribution in [1.29, 1.82) is 0 Å². The number of carbonyl (C=O) groups is 3. The van der Waals surface area contributed by atoms with E-state index in [2.05, 4.69) is 10.6 Å². The number of hydrogen-bond acceptors (Lipinski definition) is 7. The Morgan fingerprint density at radius 2 is 1.74 bits per heavy atom. The fourth-order valence-corrected chi connectivity index (χ4v) is 6.25. The van der Waals surface area contributed by atoms with Crippen molar-refractivity contribution in [1.82, 2.24) is 15.5 Å². The van der Waals surface area contributed by atoms with E-state index < -0.39 is 34.7 Å². The fourth-order valence-electron chi connectivity index (χ4n) is 5.11. The SMILES string of the molecule is COc1ccccc1CNC(=O)[C@H]1N(C(=O)[C@@H](O)[C@H](Cc2ccccc2)NC(=O)c2cccc(O)c2C)CSC1(C)C. The molecule has 0 aliphatic carbocycles. The number of thioether (sulfide) groups is 1. The van der Waals surface area contributed by atoms with E-state index in [4.69, 9.17) is 4.74 Å². The van der Waals surface area contributed by atoms with Crippen LogP contribution in [0.3, 0.4) is 0 Å². The number of aliphatic hydroxyl groups excluding tert-OH is 1. The maximum Gasteiger partial charge on any atom is 0.254 e. The first-order chi connectivity index (χ1) is 20.0. The molecule has 0 spiro atoms. The number of carbonyl (C=O) groups excluding carboxylic acids is 3. The molecule has 3 amide bonds. The van der Waals surface area contributed by atoms with Crippen LogP contribution in [0.5, 0.6) is 11.5 Å². The second-order valence-corrected chi connectivity index (χ2v) is 12.4. The Morgan fingerprint density at radius 1 is 1.05 bits per heavy atom. The van der Waals surface area contributed by atoms with Gasteiger partial charge in [0, 0.05) is 28.0 Å². The maximum absolute atomic E-state index is 13.9. The van der Waals surface area contributed by atoms with Crippen molar-refractivity contribution in [2.24, 2.45) is 0 Å². The molecule has 1 aliphatic heterocycles. The van der Waals surface area contributed by atoms with Gasteiger partial charge in [0.2, 0.25) is 5.91 Å². The second-order valence-electron chi connectivity index (χ2n) is 10.8. The molecule has 42 heavy (non-hydrogen) atoms. The van der Waals surface area contributed by atoms with Crippen molar-refractivity contribution in [3.8, 4) is 11.5 Å². The highest BCUT2D eigenvalue weighted by atomic mass is 32.2. The van der Waals surface area contributed by atoms with Crippen LogP contribution < -0.4 is 15.4 Å². The van der Waals surface area contributed by atoms with Crippen molar-refractivity contribution < 1.29 is 29.3 Å². The summed E-state index contributed by atoms with van der Waals surface area (Å²) in [6.07, 6.45) is -1.46. The van der Waals surface area contributed by atoms with Crippen LogP contribution in [0.2, 0.25) is 0 Å². The summed E-state index contributed by atoms with van der Waals surface area (Å²) in [5, 5.41) is 27.3. The minimum absolute atomic E-state index is 0.0304. The first-order valence-electron chi connectivity index (χ1n) is 13.7. The third-order valence-corrected chi connectivity index (χ3v) is 8.90. The molecule has 1 saturated heterocycles. The lowest BCUT2D eigenvalue weighted by Gasteiger charge is -2.33. The highest BCUT2D eigenvalue weighted by Gasteiger charge is 2.49. The Hall–Kier alpha value is -4.02. The molecule has 0 radical (unpaired) electrons. The van der Waals surface area contributed by atoms with Gasteiger partial charge >= 0.3 is 0 Å². The molecule has 10 heteroatoms. The van der Waals surface area contributed by atoms with Gasteiger partial charge in [0.25, 0.3) is 11.8 Å². The van der Waals surface area contributed by atoms with Gasteiger partial charge in [-0.1, -0.05) is 54.6 Å². The van der Waals surface area contributed by atoms with Gasteiger partial charge in [-0.2, -0.15) is 0 Å². The smallest absolute Gasteiger partial charge is 0.254 e. The van der Waals surface area contributed by atoms with Crippen molar-refractivity contribution >= 4 is 29.5 Å². The van der Waals surface area contributed by atoms with Crippen LogP contribution >= 0.6 is 11.8 Å². The lowest BCUT2D eigenvalue weighted by atomic mass is 9.96. The van der Waals surface area contributed by atoms with Gasteiger partial charge in [-0.15, -0.1) is 11.8 Å². The lowest BCUT2D eigenvalue weighted by Crippen LogP contribution is -2.58. The Bertz CT molecular complexity index is 1430. The average molecular weight is 592 g/mol. The zero-order chi connectivity index (χ0) is 30.4. The minimum atomic E-state index is -1.63. The number of hydrogen-bond donors (Lipinski definition) is 4. The second kappa shape index (κ2) is 13.3. The summed E-state index contributed by atoms with van der Waals surface area (Å²) in [5.74, 6) is -0.721. The van der Waals surface area contributed by atoms with E-state index in [1.807, 2.05) is 68.4 Å². The molecule has 4 N–H and O–H groups in total. The van der Waals surface area contributed by atoms with E-state index in [0.717, 1.165) is 11.1 Å². The molecular weight excluding hydrogens is 554 g/mol. The summed E-state index contributed by atoms with van der Waals surface area (Å²) < 4.78 is 4.76. The Morgan fingerprint density at radius 3 is 2.45 bits per heavy atom. The zero-order valence-electron chi connectivity index (χ0n) is 24.2. The first-order valence-corrected chi connectivity index (χ1v) is 14.7. The molecule has 4 rings (SSSR count). The minimum Gasteiger partial charge on any atom is -0.508 e. The zero-order valence-corrected chi connectivity index (χ0v) is 25.0. The molecule has 0 unspecified atom stereocenters. The summed E-state index contributed by atoms with van der Waals surface area (Å²) in [5.41, 5.74) is 2.23. The Balaban J connectivity index is 1.56. The lowest BCUT2D eigenvalue weighted by molar-refractivity contribution is -0.147. The van der Waals surface area contributed by atoms with E-state index in [9.17, 15) is 24.6 Å². The van der Waals surface area contributed by atoms with E-state index in [1.165, 1.54) is 22.7 Å². The molecule has 0 aromatic heterocycles. The number of phenolic OH excluding ortho intramolecular Hbond substituents is 1. The van der Waals surface area contributed by atoms with Crippen LogP contribution in [0.25, 0.3) is 0 Å². The number of benzene rings is 3. The predicted molar refractivity (Wildman–Crippen MR) is 162 cm³/mol. The number of nitrogens with zero attached hydrogens (tertiary/aromatic N) is 1. The van der Waals surface area contributed by atoms with Crippen molar-refractivity contribution in [2.45, 2.75) is 56.7 Å². The molecule has 9 nitrogen and oxygen atoms in total. The van der Waals surface area contributed by atoms with Gasteiger partial charge in [-0.3, -0.25) is 14.4 Å². The van der Waals surface area contributed by atoms with Crippen molar-refractivity contribution in [3.63, 3.8) is 0 Å². The number of rotatable bonds is 10. The summed E-state index contributed by atoms with van der Waals surface area (Å²) >= 11 is 1.44. The molecule has 1 aliphatic rings. The number of aromatic hydroxyl groups is 1. The monoisotopic (exact) mass is 591 g/mol. The van der Waals surface area contributed by atoms with E-state index in [0.29, 0.717) is 11.3 Å². The van der Waals surface area contributed by atoms with Crippen LogP contribution in [-0.2, 0) is 22.6 Å². The average Bonchev–Trinajstić information content (AvgIpc) is 3.31.